The van der Waals surface area contributed by atoms with Gasteiger partial charge in [-0.05, 0) is 31.1 Å². The van der Waals surface area contributed by atoms with Crippen LogP contribution in [0.5, 0.6) is 0 Å². The average molecular weight is 211 g/mol. The molecule has 15 heavy (non-hydrogen) atoms. The summed E-state index contributed by atoms with van der Waals surface area (Å²) in [6.45, 7) is 6.12. The van der Waals surface area contributed by atoms with Gasteiger partial charge in [0, 0.05) is 19.1 Å². The van der Waals surface area contributed by atoms with E-state index < -0.39 is 5.97 Å². The third kappa shape index (κ3) is 2.17. The largest absolute Gasteiger partial charge is 0.481 e. The van der Waals surface area contributed by atoms with Crippen LogP contribution in [0.15, 0.2) is 0 Å². The number of carboxylic acid groups (broad SMARTS) is 1. The smallest absolute Gasteiger partial charge is 0.308 e. The molecule has 1 saturated carbocycles. The average Bonchev–Trinajstić information content (AvgIpc) is 2.71. The Kier molecular flexibility index (Phi) is 3.01. The first-order valence-corrected chi connectivity index (χ1v) is 6.04. The molecule has 4 atom stereocenters. The van der Waals surface area contributed by atoms with Gasteiger partial charge in [0.25, 0.3) is 0 Å². The van der Waals surface area contributed by atoms with Crippen LogP contribution in [0.4, 0.5) is 0 Å². The fourth-order valence-corrected chi connectivity index (χ4v) is 3.13. The molecular formula is C12H21NO2. The molecule has 0 aromatic rings. The Morgan fingerprint density at radius 1 is 1.27 bits per heavy atom. The molecule has 0 aromatic heterocycles. The van der Waals surface area contributed by atoms with Gasteiger partial charge >= 0.3 is 5.97 Å². The van der Waals surface area contributed by atoms with Gasteiger partial charge in [-0.3, -0.25) is 9.69 Å². The Hall–Kier alpha value is -0.570. The minimum atomic E-state index is -0.615. The summed E-state index contributed by atoms with van der Waals surface area (Å²) in [5.74, 6) is 0.393. The molecule has 0 bridgehead atoms. The molecule has 1 aliphatic heterocycles. The molecule has 2 aliphatic rings. The lowest BCUT2D eigenvalue weighted by Crippen LogP contribution is -2.32. The third-order valence-electron chi connectivity index (χ3n) is 4.14. The van der Waals surface area contributed by atoms with E-state index in [2.05, 4.69) is 18.7 Å². The first-order valence-electron chi connectivity index (χ1n) is 6.04. The number of hydrogen-bond acceptors (Lipinski definition) is 2. The second-order valence-electron chi connectivity index (χ2n) is 5.45. The van der Waals surface area contributed by atoms with Gasteiger partial charge in [-0.1, -0.05) is 13.8 Å². The first kappa shape index (κ1) is 10.9. The summed E-state index contributed by atoms with van der Waals surface area (Å²) < 4.78 is 0. The third-order valence-corrected chi connectivity index (χ3v) is 4.14. The van der Waals surface area contributed by atoms with Gasteiger partial charge in [0.2, 0.25) is 0 Å². The minimum absolute atomic E-state index is 0.138. The van der Waals surface area contributed by atoms with E-state index in [0.717, 1.165) is 19.0 Å². The molecule has 3 heteroatoms. The lowest BCUT2D eigenvalue weighted by molar-refractivity contribution is -0.142. The Labute approximate surface area is 91.5 Å². The number of hydrogen-bond donors (Lipinski definition) is 1. The van der Waals surface area contributed by atoms with Gasteiger partial charge in [0.15, 0.2) is 0 Å². The van der Waals surface area contributed by atoms with Gasteiger partial charge in [-0.25, -0.2) is 0 Å². The van der Waals surface area contributed by atoms with E-state index in [4.69, 9.17) is 5.11 Å². The van der Waals surface area contributed by atoms with Crippen molar-refractivity contribution in [2.24, 2.45) is 17.8 Å². The Bertz CT molecular complexity index is 254. The van der Waals surface area contributed by atoms with Crippen LogP contribution in [0.1, 0.15) is 33.1 Å². The van der Waals surface area contributed by atoms with Gasteiger partial charge in [0.1, 0.15) is 0 Å². The van der Waals surface area contributed by atoms with Gasteiger partial charge < -0.3 is 5.11 Å². The van der Waals surface area contributed by atoms with Crippen molar-refractivity contribution in [3.05, 3.63) is 0 Å². The highest BCUT2D eigenvalue weighted by Crippen LogP contribution is 2.33. The summed E-state index contributed by atoms with van der Waals surface area (Å²) in [7, 11) is 0. The fourth-order valence-electron chi connectivity index (χ4n) is 3.13. The number of carbonyl (C=O) groups is 1. The highest BCUT2D eigenvalue weighted by Gasteiger charge is 2.39. The summed E-state index contributed by atoms with van der Waals surface area (Å²) in [4.78, 5) is 13.4. The lowest BCUT2D eigenvalue weighted by Gasteiger charge is -2.23. The van der Waals surface area contributed by atoms with Gasteiger partial charge in [-0.2, -0.15) is 0 Å². The van der Waals surface area contributed by atoms with Crippen molar-refractivity contribution < 1.29 is 9.90 Å². The summed E-state index contributed by atoms with van der Waals surface area (Å²) >= 11 is 0. The zero-order valence-corrected chi connectivity index (χ0v) is 9.65. The molecule has 3 nitrogen and oxygen atoms in total. The summed E-state index contributed by atoms with van der Waals surface area (Å²) in [5, 5.41) is 9.07. The molecule has 0 amide bonds. The van der Waals surface area contributed by atoms with Crippen LogP contribution in [0.25, 0.3) is 0 Å². The van der Waals surface area contributed by atoms with E-state index >= 15 is 0 Å². The highest BCUT2D eigenvalue weighted by molar-refractivity contribution is 5.71. The number of rotatable bonds is 2. The number of nitrogens with zero attached hydrogens (tertiary/aromatic N) is 1. The SMILES string of the molecule is CC1CCC(N2CC(C)C(C(=O)O)C2)C1. The van der Waals surface area contributed by atoms with E-state index in [0.29, 0.717) is 12.0 Å². The van der Waals surface area contributed by atoms with Gasteiger partial charge in [-0.15, -0.1) is 0 Å². The predicted octanol–water partition coefficient (Wildman–Crippen LogP) is 1.83. The molecule has 1 N–H and O–H groups in total. The zero-order valence-electron chi connectivity index (χ0n) is 9.65. The van der Waals surface area contributed by atoms with E-state index in [1.165, 1.54) is 19.3 Å². The molecule has 1 aliphatic carbocycles. The molecule has 0 spiro atoms. The van der Waals surface area contributed by atoms with Crippen LogP contribution in [0.3, 0.4) is 0 Å². The number of aliphatic carboxylic acids is 1. The van der Waals surface area contributed by atoms with Crippen molar-refractivity contribution in [1.82, 2.24) is 4.90 Å². The Morgan fingerprint density at radius 2 is 2.00 bits per heavy atom. The molecule has 4 unspecified atom stereocenters. The van der Waals surface area contributed by atoms with E-state index in [1.54, 1.807) is 0 Å². The molecule has 1 saturated heterocycles. The fraction of sp³-hybridized carbons (Fsp3) is 0.917. The van der Waals surface area contributed by atoms with Crippen molar-refractivity contribution in [2.45, 2.75) is 39.2 Å². The second kappa shape index (κ2) is 4.12. The van der Waals surface area contributed by atoms with E-state index in [9.17, 15) is 4.79 Å². The van der Waals surface area contributed by atoms with Crippen LogP contribution in [-0.2, 0) is 4.79 Å². The van der Waals surface area contributed by atoms with Crippen LogP contribution in [0, 0.1) is 17.8 Å². The predicted molar refractivity (Wildman–Crippen MR) is 58.7 cm³/mol. The molecule has 1 heterocycles. The Balaban J connectivity index is 1.94. The Morgan fingerprint density at radius 3 is 2.47 bits per heavy atom. The molecule has 2 fully saturated rings. The van der Waals surface area contributed by atoms with E-state index in [-0.39, 0.29) is 5.92 Å². The molecule has 0 radical (unpaired) electrons. The zero-order chi connectivity index (χ0) is 11.0. The van der Waals surface area contributed by atoms with Crippen molar-refractivity contribution in [3.63, 3.8) is 0 Å². The van der Waals surface area contributed by atoms with Crippen LogP contribution < -0.4 is 0 Å². The normalized spacial score (nSPS) is 42.3. The minimum Gasteiger partial charge on any atom is -0.481 e. The maximum Gasteiger partial charge on any atom is 0.308 e. The topological polar surface area (TPSA) is 40.5 Å². The van der Waals surface area contributed by atoms with Gasteiger partial charge in [0.05, 0.1) is 5.92 Å². The molecule has 2 rings (SSSR count). The number of likely N-dealkylation sites (tertiary alicyclic amines) is 1. The standard InChI is InChI=1S/C12H21NO2/c1-8-3-4-10(5-8)13-6-9(2)11(7-13)12(14)15/h8-11H,3-7H2,1-2H3,(H,14,15). The molecule has 0 aromatic carbocycles. The monoisotopic (exact) mass is 211 g/mol. The van der Waals surface area contributed by atoms with Crippen LogP contribution in [-0.4, -0.2) is 35.1 Å². The number of carboxylic acids is 1. The second-order valence-corrected chi connectivity index (χ2v) is 5.45. The summed E-state index contributed by atoms with van der Waals surface area (Å²) in [5.41, 5.74) is 0. The van der Waals surface area contributed by atoms with Crippen molar-refractivity contribution >= 4 is 5.97 Å². The molecule has 86 valence electrons. The maximum atomic E-state index is 11.0. The maximum absolute atomic E-state index is 11.0. The van der Waals surface area contributed by atoms with Crippen molar-refractivity contribution in [2.75, 3.05) is 13.1 Å². The lowest BCUT2D eigenvalue weighted by atomic mass is 9.99. The van der Waals surface area contributed by atoms with Crippen molar-refractivity contribution in [3.8, 4) is 0 Å². The highest BCUT2D eigenvalue weighted by atomic mass is 16.4. The van der Waals surface area contributed by atoms with Crippen LogP contribution >= 0.6 is 0 Å². The summed E-state index contributed by atoms with van der Waals surface area (Å²) in [6, 6.07) is 0.659. The first-order chi connectivity index (χ1) is 7.08. The van der Waals surface area contributed by atoms with E-state index in [1.807, 2.05) is 0 Å². The summed E-state index contributed by atoms with van der Waals surface area (Å²) in [6.07, 6.45) is 3.84. The molecular weight excluding hydrogens is 190 g/mol. The van der Waals surface area contributed by atoms with Crippen LogP contribution in [0.2, 0.25) is 0 Å². The van der Waals surface area contributed by atoms with Crippen molar-refractivity contribution in [1.29, 1.82) is 0 Å². The quantitative estimate of drug-likeness (QED) is 0.757.